The molecule has 132 valence electrons. The molecular formula is C20H24ClN2O2+. The SMILES string of the molecule is COc1ccc(Cl)cc1C[NH+](C)CC(=O)N1c2ccccc2C[C@@H]1C. The van der Waals surface area contributed by atoms with E-state index in [4.69, 9.17) is 16.3 Å². The zero-order valence-corrected chi connectivity index (χ0v) is 15.6. The number of anilines is 1. The molecule has 0 saturated heterocycles. The number of ether oxygens (including phenoxy) is 1. The molecule has 4 nitrogen and oxygen atoms in total. The molecule has 1 amide bonds. The number of methoxy groups -OCH3 is 1. The predicted octanol–water partition coefficient (Wildman–Crippen LogP) is 2.34. The summed E-state index contributed by atoms with van der Waals surface area (Å²) >= 11 is 6.10. The standard InChI is InChI=1S/C20H23ClN2O2/c1-14-10-15-6-4-5-7-18(15)23(14)20(24)13-22(2)12-16-11-17(21)8-9-19(16)25-3/h4-9,11,14H,10,12-13H2,1-3H3/p+1/t14-/m0/s1. The summed E-state index contributed by atoms with van der Waals surface area (Å²) in [6.45, 7) is 3.21. The van der Waals surface area contributed by atoms with Gasteiger partial charge in [0.25, 0.3) is 5.91 Å². The van der Waals surface area contributed by atoms with Crippen molar-refractivity contribution in [1.82, 2.24) is 0 Å². The Kier molecular flexibility index (Phi) is 5.30. The fourth-order valence-electron chi connectivity index (χ4n) is 3.56. The van der Waals surface area contributed by atoms with Gasteiger partial charge in [0.05, 0.1) is 14.2 Å². The second kappa shape index (κ2) is 7.46. The highest BCUT2D eigenvalue weighted by Gasteiger charge is 2.32. The Morgan fingerprint density at radius 1 is 1.32 bits per heavy atom. The number of benzene rings is 2. The molecule has 25 heavy (non-hydrogen) atoms. The number of hydrogen-bond donors (Lipinski definition) is 1. The Balaban J connectivity index is 1.70. The van der Waals surface area contributed by atoms with Gasteiger partial charge in [0.1, 0.15) is 12.3 Å². The summed E-state index contributed by atoms with van der Waals surface area (Å²) < 4.78 is 5.40. The van der Waals surface area contributed by atoms with Crippen LogP contribution in [0.1, 0.15) is 18.1 Å². The average molecular weight is 360 g/mol. The van der Waals surface area contributed by atoms with Crippen molar-refractivity contribution in [3.8, 4) is 5.75 Å². The summed E-state index contributed by atoms with van der Waals surface area (Å²) in [6.07, 6.45) is 0.920. The number of halogens is 1. The molecule has 0 fully saturated rings. The second-order valence-corrected chi connectivity index (χ2v) is 7.15. The van der Waals surface area contributed by atoms with Crippen LogP contribution < -0.4 is 14.5 Å². The number of nitrogens with one attached hydrogen (secondary N) is 1. The molecule has 2 atom stereocenters. The molecule has 1 aliphatic rings. The molecule has 0 spiro atoms. The van der Waals surface area contributed by atoms with Gasteiger partial charge >= 0.3 is 0 Å². The van der Waals surface area contributed by atoms with Gasteiger partial charge in [-0.1, -0.05) is 29.8 Å². The number of fused-ring (bicyclic) bond motifs is 1. The van der Waals surface area contributed by atoms with E-state index in [1.807, 2.05) is 48.3 Å². The number of amides is 1. The number of rotatable bonds is 5. The molecule has 0 saturated carbocycles. The summed E-state index contributed by atoms with van der Waals surface area (Å²) in [5.41, 5.74) is 3.31. The van der Waals surface area contributed by atoms with Crippen molar-refractivity contribution >= 4 is 23.2 Å². The number of quaternary nitrogens is 1. The van der Waals surface area contributed by atoms with E-state index in [0.29, 0.717) is 18.1 Å². The van der Waals surface area contributed by atoms with Crippen molar-refractivity contribution in [3.05, 3.63) is 58.6 Å². The minimum Gasteiger partial charge on any atom is -0.496 e. The summed E-state index contributed by atoms with van der Waals surface area (Å²) in [5.74, 6) is 0.951. The largest absolute Gasteiger partial charge is 0.496 e. The highest BCUT2D eigenvalue weighted by atomic mass is 35.5. The van der Waals surface area contributed by atoms with Crippen LogP contribution in [-0.4, -0.2) is 32.7 Å². The second-order valence-electron chi connectivity index (χ2n) is 6.71. The normalized spacial score (nSPS) is 17.3. The zero-order chi connectivity index (χ0) is 18.0. The average Bonchev–Trinajstić information content (AvgIpc) is 2.90. The van der Waals surface area contributed by atoms with E-state index in [1.54, 1.807) is 7.11 Å². The quantitative estimate of drug-likeness (QED) is 0.889. The summed E-state index contributed by atoms with van der Waals surface area (Å²) in [5, 5.41) is 0.678. The maximum Gasteiger partial charge on any atom is 0.282 e. The van der Waals surface area contributed by atoms with E-state index in [0.717, 1.165) is 28.3 Å². The minimum absolute atomic E-state index is 0.149. The van der Waals surface area contributed by atoms with Crippen LogP contribution in [0.3, 0.4) is 0 Å². The highest BCUT2D eigenvalue weighted by molar-refractivity contribution is 6.30. The van der Waals surface area contributed by atoms with Gasteiger partial charge in [0.2, 0.25) is 0 Å². The lowest BCUT2D eigenvalue weighted by molar-refractivity contribution is -0.885. The van der Waals surface area contributed by atoms with Gasteiger partial charge in [-0.3, -0.25) is 4.79 Å². The first-order chi connectivity index (χ1) is 12.0. The van der Waals surface area contributed by atoms with Crippen molar-refractivity contribution in [2.45, 2.75) is 25.9 Å². The van der Waals surface area contributed by atoms with Crippen molar-refractivity contribution in [3.63, 3.8) is 0 Å². The van der Waals surface area contributed by atoms with E-state index in [1.165, 1.54) is 5.56 Å². The number of carbonyl (C=O) groups excluding carboxylic acids is 1. The monoisotopic (exact) mass is 359 g/mol. The molecular weight excluding hydrogens is 336 g/mol. The fourth-order valence-corrected chi connectivity index (χ4v) is 3.76. The van der Waals surface area contributed by atoms with Crippen LogP contribution in [0.15, 0.2) is 42.5 Å². The first-order valence-corrected chi connectivity index (χ1v) is 8.91. The lowest BCUT2D eigenvalue weighted by Crippen LogP contribution is -3.09. The number of hydrogen-bond acceptors (Lipinski definition) is 2. The molecule has 5 heteroatoms. The molecule has 2 aromatic carbocycles. The molecule has 0 aliphatic carbocycles. The van der Waals surface area contributed by atoms with E-state index < -0.39 is 0 Å². The van der Waals surface area contributed by atoms with E-state index in [-0.39, 0.29) is 11.9 Å². The van der Waals surface area contributed by atoms with Gasteiger partial charge in [0, 0.05) is 22.3 Å². The minimum atomic E-state index is 0.149. The highest BCUT2D eigenvalue weighted by Crippen LogP contribution is 2.31. The smallest absolute Gasteiger partial charge is 0.282 e. The Morgan fingerprint density at radius 2 is 2.08 bits per heavy atom. The topological polar surface area (TPSA) is 34.0 Å². The van der Waals surface area contributed by atoms with Crippen LogP contribution in [0.4, 0.5) is 5.69 Å². The third-order valence-electron chi connectivity index (χ3n) is 4.66. The number of carbonyl (C=O) groups is 1. The predicted molar refractivity (Wildman–Crippen MR) is 101 cm³/mol. The maximum absolute atomic E-state index is 12.9. The Labute approximate surface area is 154 Å². The third-order valence-corrected chi connectivity index (χ3v) is 4.90. The fraction of sp³-hybridized carbons (Fsp3) is 0.350. The summed E-state index contributed by atoms with van der Waals surface area (Å²) in [7, 11) is 3.67. The van der Waals surface area contributed by atoms with Crippen LogP contribution in [0.25, 0.3) is 0 Å². The van der Waals surface area contributed by atoms with Crippen LogP contribution >= 0.6 is 11.6 Å². The van der Waals surface area contributed by atoms with Crippen LogP contribution in [-0.2, 0) is 17.8 Å². The van der Waals surface area contributed by atoms with Crippen LogP contribution in [0, 0.1) is 0 Å². The number of para-hydroxylation sites is 1. The number of likely N-dealkylation sites (N-methyl/N-ethyl adjacent to an activating group) is 1. The van der Waals surface area contributed by atoms with Crippen molar-refractivity contribution in [2.24, 2.45) is 0 Å². The van der Waals surface area contributed by atoms with E-state index in [9.17, 15) is 4.79 Å². The molecule has 3 rings (SSSR count). The lowest BCUT2D eigenvalue weighted by atomic mass is 10.1. The van der Waals surface area contributed by atoms with Gasteiger partial charge in [-0.2, -0.15) is 0 Å². The summed E-state index contributed by atoms with van der Waals surface area (Å²) in [4.78, 5) is 15.9. The first kappa shape index (κ1) is 17.8. The maximum atomic E-state index is 12.9. The Hall–Kier alpha value is -2.04. The molecule has 0 bridgehead atoms. The lowest BCUT2D eigenvalue weighted by Gasteiger charge is -2.24. The molecule has 2 aromatic rings. The zero-order valence-electron chi connectivity index (χ0n) is 14.9. The Bertz CT molecular complexity index is 778. The summed E-state index contributed by atoms with van der Waals surface area (Å²) in [6, 6.07) is 13.9. The van der Waals surface area contributed by atoms with E-state index in [2.05, 4.69) is 13.0 Å². The number of nitrogens with zero attached hydrogens (tertiary/aromatic N) is 1. The van der Waals surface area contributed by atoms with Gasteiger partial charge < -0.3 is 14.5 Å². The molecule has 0 aromatic heterocycles. The van der Waals surface area contributed by atoms with E-state index >= 15 is 0 Å². The molecule has 1 unspecified atom stereocenters. The molecule has 1 N–H and O–H groups in total. The van der Waals surface area contributed by atoms with Crippen molar-refractivity contribution < 1.29 is 14.4 Å². The molecule has 1 aliphatic heterocycles. The van der Waals surface area contributed by atoms with Crippen molar-refractivity contribution in [1.29, 1.82) is 0 Å². The van der Waals surface area contributed by atoms with Crippen LogP contribution in [0.5, 0.6) is 5.75 Å². The molecule has 1 heterocycles. The van der Waals surface area contributed by atoms with Gasteiger partial charge in [-0.25, -0.2) is 0 Å². The van der Waals surface area contributed by atoms with Gasteiger partial charge in [0.15, 0.2) is 6.54 Å². The molecule has 0 radical (unpaired) electrons. The van der Waals surface area contributed by atoms with Gasteiger partial charge in [-0.05, 0) is 43.2 Å². The third kappa shape index (κ3) is 3.80. The van der Waals surface area contributed by atoms with Crippen molar-refractivity contribution in [2.75, 3.05) is 25.6 Å². The van der Waals surface area contributed by atoms with Crippen LogP contribution in [0.2, 0.25) is 5.02 Å². The Morgan fingerprint density at radius 3 is 2.84 bits per heavy atom. The first-order valence-electron chi connectivity index (χ1n) is 8.53. The van der Waals surface area contributed by atoms with Gasteiger partial charge in [-0.15, -0.1) is 0 Å².